The van der Waals surface area contributed by atoms with Gasteiger partial charge in [-0.2, -0.15) is 0 Å². The molecule has 5 heteroatoms. The number of phenols is 1. The van der Waals surface area contributed by atoms with E-state index in [1.165, 1.54) is 13.2 Å². The number of aromatic hydroxyl groups is 1. The van der Waals surface area contributed by atoms with Gasteiger partial charge in [-0.25, -0.2) is 4.79 Å². The molecule has 0 fully saturated rings. The Hall–Kier alpha value is -2.82. The van der Waals surface area contributed by atoms with Crippen LogP contribution in [-0.4, -0.2) is 24.1 Å². The van der Waals surface area contributed by atoms with Crippen LogP contribution in [0.4, 0.5) is 5.69 Å². The van der Waals surface area contributed by atoms with E-state index in [0.29, 0.717) is 23.4 Å². The Labute approximate surface area is 121 Å². The second-order valence-corrected chi connectivity index (χ2v) is 4.77. The highest BCUT2D eigenvalue weighted by Gasteiger charge is 2.29. The molecule has 1 heterocycles. The topological polar surface area (TPSA) is 66.8 Å². The fourth-order valence-electron chi connectivity index (χ4n) is 2.43. The average Bonchev–Trinajstić information content (AvgIpc) is 2.83. The summed E-state index contributed by atoms with van der Waals surface area (Å²) < 4.78 is 4.68. The van der Waals surface area contributed by atoms with Crippen molar-refractivity contribution in [3.05, 3.63) is 59.2 Å². The lowest BCUT2D eigenvalue weighted by molar-refractivity contribution is 0.0600. The van der Waals surface area contributed by atoms with Crippen LogP contribution in [0.15, 0.2) is 42.5 Å². The van der Waals surface area contributed by atoms with Gasteiger partial charge in [0.25, 0.3) is 5.91 Å². The first-order chi connectivity index (χ1) is 10.1. The summed E-state index contributed by atoms with van der Waals surface area (Å²) >= 11 is 0. The second-order valence-electron chi connectivity index (χ2n) is 4.77. The van der Waals surface area contributed by atoms with Gasteiger partial charge in [0.2, 0.25) is 0 Å². The van der Waals surface area contributed by atoms with Crippen LogP contribution < -0.4 is 4.90 Å². The van der Waals surface area contributed by atoms with Crippen molar-refractivity contribution < 1.29 is 19.4 Å². The van der Waals surface area contributed by atoms with E-state index < -0.39 is 5.97 Å². The van der Waals surface area contributed by atoms with Crippen molar-refractivity contribution in [2.24, 2.45) is 0 Å². The number of amides is 1. The Morgan fingerprint density at radius 3 is 2.81 bits per heavy atom. The molecule has 0 aromatic heterocycles. The van der Waals surface area contributed by atoms with Crippen LogP contribution in [0.2, 0.25) is 0 Å². The standard InChI is InChI=1S/C16H13NO4/c1-21-16(20)10-3-2-4-12(7-10)17-9-11-8-13(18)5-6-14(11)15(17)19/h2-8,18H,9H2,1H3. The lowest BCUT2D eigenvalue weighted by atomic mass is 10.1. The predicted octanol–water partition coefficient (Wildman–Crippen LogP) is 2.34. The van der Waals surface area contributed by atoms with Crippen LogP contribution in [0.5, 0.6) is 5.75 Å². The van der Waals surface area contributed by atoms with E-state index in [4.69, 9.17) is 0 Å². The predicted molar refractivity (Wildman–Crippen MR) is 76.4 cm³/mol. The quantitative estimate of drug-likeness (QED) is 0.859. The maximum absolute atomic E-state index is 12.4. The molecule has 0 atom stereocenters. The van der Waals surface area contributed by atoms with Gasteiger partial charge in [0, 0.05) is 11.3 Å². The number of carbonyl (C=O) groups excluding carboxylic acids is 2. The summed E-state index contributed by atoms with van der Waals surface area (Å²) in [5.74, 6) is -0.461. The van der Waals surface area contributed by atoms with Crippen LogP contribution in [-0.2, 0) is 11.3 Å². The molecule has 0 bridgehead atoms. The Bertz CT molecular complexity index is 739. The molecule has 0 saturated heterocycles. The van der Waals surface area contributed by atoms with Crippen molar-refractivity contribution in [2.45, 2.75) is 6.54 Å². The lowest BCUT2D eigenvalue weighted by Gasteiger charge is -2.16. The zero-order valence-corrected chi connectivity index (χ0v) is 11.4. The van der Waals surface area contributed by atoms with Crippen molar-refractivity contribution in [1.82, 2.24) is 0 Å². The minimum Gasteiger partial charge on any atom is -0.508 e. The third-order valence-electron chi connectivity index (χ3n) is 3.47. The van der Waals surface area contributed by atoms with Crippen LogP contribution in [0.1, 0.15) is 26.3 Å². The van der Waals surface area contributed by atoms with Crippen LogP contribution in [0.3, 0.4) is 0 Å². The van der Waals surface area contributed by atoms with E-state index in [9.17, 15) is 14.7 Å². The van der Waals surface area contributed by atoms with Crippen LogP contribution in [0.25, 0.3) is 0 Å². The molecule has 1 N–H and O–H groups in total. The lowest BCUT2D eigenvalue weighted by Crippen LogP contribution is -2.23. The van der Waals surface area contributed by atoms with Crippen LogP contribution >= 0.6 is 0 Å². The summed E-state index contributed by atoms with van der Waals surface area (Å²) in [6.07, 6.45) is 0. The largest absolute Gasteiger partial charge is 0.508 e. The van der Waals surface area contributed by atoms with Gasteiger partial charge in [0.05, 0.1) is 19.2 Å². The minimum atomic E-state index is -0.446. The molecule has 2 aromatic rings. The zero-order chi connectivity index (χ0) is 15.0. The molecule has 2 aromatic carbocycles. The SMILES string of the molecule is COC(=O)c1cccc(N2Cc3cc(O)ccc3C2=O)c1. The number of hydrogen-bond donors (Lipinski definition) is 1. The minimum absolute atomic E-state index is 0.131. The van der Waals surface area contributed by atoms with Gasteiger partial charge in [-0.05, 0) is 42.0 Å². The molecule has 0 saturated carbocycles. The highest BCUT2D eigenvalue weighted by Crippen LogP contribution is 2.30. The number of hydrogen-bond acceptors (Lipinski definition) is 4. The molecule has 21 heavy (non-hydrogen) atoms. The molecule has 106 valence electrons. The fourth-order valence-corrected chi connectivity index (χ4v) is 2.43. The molecular weight excluding hydrogens is 270 g/mol. The smallest absolute Gasteiger partial charge is 0.337 e. The molecule has 5 nitrogen and oxygen atoms in total. The number of ether oxygens (including phenoxy) is 1. The molecule has 0 radical (unpaired) electrons. The highest BCUT2D eigenvalue weighted by molar-refractivity contribution is 6.10. The molecule has 1 aliphatic rings. The summed E-state index contributed by atoms with van der Waals surface area (Å²) in [7, 11) is 1.31. The number of rotatable bonds is 2. The third-order valence-corrected chi connectivity index (χ3v) is 3.47. The number of esters is 1. The Morgan fingerprint density at radius 2 is 2.05 bits per heavy atom. The summed E-state index contributed by atoms with van der Waals surface area (Å²) in [6.45, 7) is 0.368. The Balaban J connectivity index is 1.96. The molecule has 0 spiro atoms. The van der Waals surface area contributed by atoms with Crippen molar-refractivity contribution >= 4 is 17.6 Å². The molecule has 3 rings (SSSR count). The van der Waals surface area contributed by atoms with Gasteiger partial charge in [0.15, 0.2) is 0 Å². The van der Waals surface area contributed by atoms with E-state index in [-0.39, 0.29) is 11.7 Å². The Kier molecular flexibility index (Phi) is 3.10. The summed E-state index contributed by atoms with van der Waals surface area (Å²) in [4.78, 5) is 25.5. The van der Waals surface area contributed by atoms with Crippen molar-refractivity contribution in [2.75, 3.05) is 12.0 Å². The molecule has 1 amide bonds. The molecule has 1 aliphatic heterocycles. The number of carbonyl (C=O) groups is 2. The fraction of sp³-hybridized carbons (Fsp3) is 0.125. The Morgan fingerprint density at radius 1 is 1.24 bits per heavy atom. The van der Waals surface area contributed by atoms with Crippen molar-refractivity contribution in [3.8, 4) is 5.75 Å². The first kappa shape index (κ1) is 13.2. The first-order valence-electron chi connectivity index (χ1n) is 6.42. The van der Waals surface area contributed by atoms with Crippen LogP contribution in [0, 0.1) is 0 Å². The molecular formula is C16H13NO4. The third kappa shape index (κ3) is 2.23. The maximum Gasteiger partial charge on any atom is 0.337 e. The van der Waals surface area contributed by atoms with Crippen molar-refractivity contribution in [3.63, 3.8) is 0 Å². The summed E-state index contributed by atoms with van der Waals surface area (Å²) in [6, 6.07) is 11.4. The van der Waals surface area contributed by atoms with Gasteiger partial charge in [-0.1, -0.05) is 6.07 Å². The summed E-state index contributed by atoms with van der Waals surface area (Å²) in [5.41, 5.74) is 2.35. The normalized spacial score (nSPS) is 13.2. The van der Waals surface area contributed by atoms with Gasteiger partial charge in [-0.15, -0.1) is 0 Å². The van der Waals surface area contributed by atoms with Gasteiger partial charge >= 0.3 is 5.97 Å². The van der Waals surface area contributed by atoms with Gasteiger partial charge in [-0.3, -0.25) is 4.79 Å². The molecule has 0 unspecified atom stereocenters. The number of nitrogens with zero attached hydrogens (tertiary/aromatic N) is 1. The average molecular weight is 283 g/mol. The second kappa shape index (κ2) is 4.94. The van der Waals surface area contributed by atoms with Gasteiger partial charge < -0.3 is 14.7 Å². The number of benzene rings is 2. The van der Waals surface area contributed by atoms with E-state index >= 15 is 0 Å². The van der Waals surface area contributed by atoms with E-state index in [2.05, 4.69) is 4.74 Å². The monoisotopic (exact) mass is 283 g/mol. The number of anilines is 1. The maximum atomic E-state index is 12.4. The van der Waals surface area contributed by atoms with Gasteiger partial charge in [0.1, 0.15) is 5.75 Å². The zero-order valence-electron chi connectivity index (χ0n) is 11.4. The van der Waals surface area contributed by atoms with E-state index in [1.54, 1.807) is 41.3 Å². The van der Waals surface area contributed by atoms with E-state index in [0.717, 1.165) is 5.56 Å². The van der Waals surface area contributed by atoms with E-state index in [1.807, 2.05) is 0 Å². The number of phenolic OH excluding ortho intramolecular Hbond substituents is 1. The molecule has 0 aliphatic carbocycles. The number of fused-ring (bicyclic) bond motifs is 1. The highest BCUT2D eigenvalue weighted by atomic mass is 16.5. The summed E-state index contributed by atoms with van der Waals surface area (Å²) in [5, 5.41) is 9.50. The number of methoxy groups -OCH3 is 1. The first-order valence-corrected chi connectivity index (χ1v) is 6.42. The van der Waals surface area contributed by atoms with Crippen molar-refractivity contribution in [1.29, 1.82) is 0 Å².